The molecule has 0 atom stereocenters. The van der Waals surface area contributed by atoms with E-state index in [-0.39, 0.29) is 11.7 Å². The van der Waals surface area contributed by atoms with Gasteiger partial charge in [-0.25, -0.2) is 4.39 Å². The van der Waals surface area contributed by atoms with Crippen molar-refractivity contribution in [3.63, 3.8) is 0 Å². The first-order valence-corrected chi connectivity index (χ1v) is 7.07. The van der Waals surface area contributed by atoms with E-state index in [2.05, 4.69) is 21.2 Å². The van der Waals surface area contributed by atoms with Crippen molar-refractivity contribution in [1.82, 2.24) is 5.32 Å². The summed E-state index contributed by atoms with van der Waals surface area (Å²) in [6, 6.07) is 7.88. The van der Waals surface area contributed by atoms with Crippen molar-refractivity contribution >= 4 is 33.2 Å². The highest BCUT2D eigenvalue weighted by atomic mass is 79.9. The number of ether oxygens (including phenoxy) is 1. The third-order valence-corrected chi connectivity index (χ3v) is 4.09. The molecule has 3 nitrogen and oxygen atoms in total. The number of nitrogens with one attached hydrogen (secondary N) is 1. The molecule has 0 saturated heterocycles. The van der Waals surface area contributed by atoms with Gasteiger partial charge in [0.05, 0.1) is 17.4 Å². The topological polar surface area (TPSA) is 38.3 Å². The maximum Gasteiger partial charge on any atom is 0.251 e. The molecule has 19 heavy (non-hydrogen) atoms. The van der Waals surface area contributed by atoms with Crippen LogP contribution in [-0.4, -0.2) is 13.0 Å². The Bertz CT molecular complexity index is 600. The lowest BCUT2D eigenvalue weighted by molar-refractivity contribution is 0.0951. The van der Waals surface area contributed by atoms with Crippen molar-refractivity contribution in [2.75, 3.05) is 7.11 Å². The molecule has 0 aliphatic heterocycles. The third kappa shape index (κ3) is 3.54. The number of amides is 1. The SMILES string of the molecule is COc1cc(C(=O)NCc2ccc(Br)s2)ccc1F. The Labute approximate surface area is 122 Å². The van der Waals surface area contributed by atoms with Crippen LogP contribution in [0.15, 0.2) is 34.1 Å². The summed E-state index contributed by atoms with van der Waals surface area (Å²) in [4.78, 5) is 12.9. The maximum atomic E-state index is 13.2. The van der Waals surface area contributed by atoms with Crippen LogP contribution < -0.4 is 10.1 Å². The Morgan fingerprint density at radius 1 is 1.42 bits per heavy atom. The number of hydrogen-bond acceptors (Lipinski definition) is 3. The minimum Gasteiger partial charge on any atom is -0.494 e. The van der Waals surface area contributed by atoms with Gasteiger partial charge in [0, 0.05) is 10.4 Å². The Morgan fingerprint density at radius 2 is 2.21 bits per heavy atom. The predicted octanol–water partition coefficient (Wildman–Crippen LogP) is 3.59. The summed E-state index contributed by atoms with van der Waals surface area (Å²) in [6.07, 6.45) is 0. The molecule has 0 unspecified atom stereocenters. The number of methoxy groups -OCH3 is 1. The molecule has 1 amide bonds. The lowest BCUT2D eigenvalue weighted by Gasteiger charge is -2.06. The van der Waals surface area contributed by atoms with E-state index in [0.29, 0.717) is 12.1 Å². The summed E-state index contributed by atoms with van der Waals surface area (Å²) in [7, 11) is 1.36. The van der Waals surface area contributed by atoms with E-state index in [0.717, 1.165) is 8.66 Å². The highest BCUT2D eigenvalue weighted by Crippen LogP contribution is 2.22. The molecule has 6 heteroatoms. The van der Waals surface area contributed by atoms with Crippen molar-refractivity contribution in [2.45, 2.75) is 6.54 Å². The fourth-order valence-corrected chi connectivity index (χ4v) is 2.94. The van der Waals surface area contributed by atoms with Crippen molar-refractivity contribution in [3.8, 4) is 5.75 Å². The molecule has 1 heterocycles. The van der Waals surface area contributed by atoms with Crippen LogP contribution in [-0.2, 0) is 6.54 Å². The van der Waals surface area contributed by atoms with Gasteiger partial charge in [0.15, 0.2) is 11.6 Å². The molecule has 0 bridgehead atoms. The fraction of sp³-hybridized carbons (Fsp3) is 0.154. The van der Waals surface area contributed by atoms with Gasteiger partial charge < -0.3 is 10.1 Å². The van der Waals surface area contributed by atoms with Crippen molar-refractivity contribution in [2.24, 2.45) is 0 Å². The lowest BCUT2D eigenvalue weighted by atomic mass is 10.2. The zero-order valence-corrected chi connectivity index (χ0v) is 12.5. The van der Waals surface area contributed by atoms with Crippen LogP contribution >= 0.6 is 27.3 Å². The summed E-state index contributed by atoms with van der Waals surface area (Å²) in [5.74, 6) is -0.685. The van der Waals surface area contributed by atoms with Gasteiger partial charge in [-0.1, -0.05) is 0 Å². The van der Waals surface area contributed by atoms with E-state index < -0.39 is 5.82 Å². The first kappa shape index (κ1) is 14.0. The van der Waals surface area contributed by atoms with Crippen LogP contribution in [0.3, 0.4) is 0 Å². The van der Waals surface area contributed by atoms with Gasteiger partial charge in [0.25, 0.3) is 5.91 Å². The molecule has 100 valence electrons. The lowest BCUT2D eigenvalue weighted by Crippen LogP contribution is -2.22. The largest absolute Gasteiger partial charge is 0.494 e. The van der Waals surface area contributed by atoms with E-state index in [1.165, 1.54) is 25.3 Å². The molecule has 0 fully saturated rings. The fourth-order valence-electron chi connectivity index (χ4n) is 1.52. The van der Waals surface area contributed by atoms with Gasteiger partial charge in [0.1, 0.15) is 0 Å². The van der Waals surface area contributed by atoms with Gasteiger partial charge in [0.2, 0.25) is 0 Å². The van der Waals surface area contributed by atoms with Gasteiger partial charge in [-0.2, -0.15) is 0 Å². The molecular weight excluding hydrogens is 333 g/mol. The molecule has 0 spiro atoms. The van der Waals surface area contributed by atoms with Crippen LogP contribution in [0.1, 0.15) is 15.2 Å². The van der Waals surface area contributed by atoms with E-state index in [1.54, 1.807) is 11.3 Å². The number of thiophene rings is 1. The summed E-state index contributed by atoms with van der Waals surface area (Å²) >= 11 is 4.91. The normalized spacial score (nSPS) is 10.3. The second-order valence-electron chi connectivity index (χ2n) is 3.74. The third-order valence-electron chi connectivity index (χ3n) is 2.47. The van der Waals surface area contributed by atoms with Crippen LogP contribution in [0.4, 0.5) is 4.39 Å². The Morgan fingerprint density at radius 3 is 2.84 bits per heavy atom. The van der Waals surface area contributed by atoms with E-state index in [9.17, 15) is 9.18 Å². The molecule has 1 aromatic heterocycles. The molecule has 0 aliphatic carbocycles. The number of hydrogen-bond donors (Lipinski definition) is 1. The van der Waals surface area contributed by atoms with Crippen molar-refractivity contribution in [1.29, 1.82) is 0 Å². The summed E-state index contributed by atoms with van der Waals surface area (Å²) < 4.78 is 19.1. The van der Waals surface area contributed by atoms with Crippen LogP contribution in [0.2, 0.25) is 0 Å². The standard InChI is InChI=1S/C13H11BrFNO2S/c1-18-11-6-8(2-4-10(11)15)13(17)16-7-9-3-5-12(14)19-9/h2-6H,7H2,1H3,(H,16,17). The first-order valence-electron chi connectivity index (χ1n) is 5.46. The van der Waals surface area contributed by atoms with Gasteiger partial charge in [-0.15, -0.1) is 11.3 Å². The molecule has 2 aromatic rings. The quantitative estimate of drug-likeness (QED) is 0.921. The minimum atomic E-state index is -0.485. The zero-order chi connectivity index (χ0) is 13.8. The number of halogens is 2. The smallest absolute Gasteiger partial charge is 0.251 e. The summed E-state index contributed by atoms with van der Waals surface area (Å²) in [6.45, 7) is 0.439. The molecule has 0 radical (unpaired) electrons. The Hall–Kier alpha value is -1.40. The average Bonchev–Trinajstić information content (AvgIpc) is 2.82. The number of carbonyl (C=O) groups is 1. The van der Waals surface area contributed by atoms with Gasteiger partial charge >= 0.3 is 0 Å². The van der Waals surface area contributed by atoms with Gasteiger partial charge in [-0.05, 0) is 46.3 Å². The van der Waals surface area contributed by atoms with Crippen LogP contribution in [0, 0.1) is 5.82 Å². The van der Waals surface area contributed by atoms with E-state index in [1.807, 2.05) is 12.1 Å². The highest BCUT2D eigenvalue weighted by Gasteiger charge is 2.10. The number of rotatable bonds is 4. The van der Waals surface area contributed by atoms with Crippen molar-refractivity contribution < 1.29 is 13.9 Å². The molecule has 1 aromatic carbocycles. The summed E-state index contributed by atoms with van der Waals surface area (Å²) in [5.41, 5.74) is 0.369. The Kier molecular flexibility index (Phi) is 4.55. The Balaban J connectivity index is 2.03. The average molecular weight is 344 g/mol. The number of carbonyl (C=O) groups excluding carboxylic acids is 1. The predicted molar refractivity (Wildman–Crippen MR) is 76.1 cm³/mol. The maximum absolute atomic E-state index is 13.2. The van der Waals surface area contributed by atoms with Gasteiger partial charge in [-0.3, -0.25) is 4.79 Å². The second kappa shape index (κ2) is 6.16. The molecular formula is C13H11BrFNO2S. The molecule has 2 rings (SSSR count). The minimum absolute atomic E-state index is 0.0616. The number of benzene rings is 1. The molecule has 1 N–H and O–H groups in total. The van der Waals surface area contributed by atoms with Crippen LogP contribution in [0.5, 0.6) is 5.75 Å². The van der Waals surface area contributed by atoms with E-state index >= 15 is 0 Å². The second-order valence-corrected chi connectivity index (χ2v) is 6.29. The summed E-state index contributed by atoms with van der Waals surface area (Å²) in [5, 5.41) is 2.77. The van der Waals surface area contributed by atoms with E-state index in [4.69, 9.17) is 4.74 Å². The zero-order valence-electron chi connectivity index (χ0n) is 10.1. The van der Waals surface area contributed by atoms with Crippen molar-refractivity contribution in [3.05, 3.63) is 50.4 Å². The van der Waals surface area contributed by atoms with Crippen LogP contribution in [0.25, 0.3) is 0 Å². The highest BCUT2D eigenvalue weighted by molar-refractivity contribution is 9.11. The molecule has 0 saturated carbocycles. The molecule has 0 aliphatic rings. The first-order chi connectivity index (χ1) is 9.10. The monoisotopic (exact) mass is 343 g/mol.